The van der Waals surface area contributed by atoms with Gasteiger partial charge in [0.1, 0.15) is 5.60 Å². The van der Waals surface area contributed by atoms with E-state index >= 15 is 0 Å². The molecule has 1 rings (SSSR count). The summed E-state index contributed by atoms with van der Waals surface area (Å²) in [6.07, 6.45) is -0.324. The minimum absolute atomic E-state index is 0.349. The maximum absolute atomic E-state index is 11.1. The van der Waals surface area contributed by atoms with Gasteiger partial charge < -0.3 is 18.9 Å². The van der Waals surface area contributed by atoms with E-state index in [4.69, 9.17) is 14.2 Å². The normalized spacial score (nSPS) is 30.5. The van der Waals surface area contributed by atoms with Gasteiger partial charge in [-0.05, 0) is 6.92 Å². The molecule has 5 nitrogen and oxygen atoms in total. The third-order valence-electron chi connectivity index (χ3n) is 2.40. The van der Waals surface area contributed by atoms with Gasteiger partial charge in [0.2, 0.25) is 0 Å². The van der Waals surface area contributed by atoms with Gasteiger partial charge in [0.25, 0.3) is 0 Å². The molecular weight excluding hydrogens is 188 g/mol. The summed E-state index contributed by atoms with van der Waals surface area (Å²) in [5, 5.41) is 0. The van der Waals surface area contributed by atoms with Gasteiger partial charge in [0.15, 0.2) is 12.4 Å². The Kier molecular flexibility index (Phi) is 3.47. The molecule has 82 valence electrons. The fourth-order valence-electron chi connectivity index (χ4n) is 1.39. The van der Waals surface area contributed by atoms with Gasteiger partial charge in [-0.15, -0.1) is 0 Å². The quantitative estimate of drug-likeness (QED) is 0.367. The van der Waals surface area contributed by atoms with Gasteiger partial charge in [0, 0.05) is 20.6 Å². The Hall–Kier alpha value is -0.650. The third-order valence-corrected chi connectivity index (χ3v) is 2.40. The first-order valence-corrected chi connectivity index (χ1v) is 4.38. The maximum Gasteiger partial charge on any atom is 0.338 e. The van der Waals surface area contributed by atoms with Crippen LogP contribution in [-0.4, -0.2) is 45.3 Å². The summed E-state index contributed by atoms with van der Waals surface area (Å²) in [6, 6.07) is 0. The molecule has 1 aliphatic rings. The number of carbonyl (C=O) groups is 1. The van der Waals surface area contributed by atoms with Crippen molar-refractivity contribution < 1.29 is 23.7 Å². The predicted octanol–water partition coefficient (Wildman–Crippen LogP) is 0.326. The number of methoxy groups -OCH3 is 3. The van der Waals surface area contributed by atoms with Crippen molar-refractivity contribution in [2.75, 3.05) is 21.3 Å². The first kappa shape index (κ1) is 11.4. The molecule has 1 saturated heterocycles. The Labute approximate surface area is 83.3 Å². The highest BCUT2D eigenvalue weighted by Crippen LogP contribution is 2.41. The van der Waals surface area contributed by atoms with E-state index in [2.05, 4.69) is 4.74 Å². The Morgan fingerprint density at radius 2 is 2.00 bits per heavy atom. The molecule has 1 aliphatic heterocycles. The SMILES string of the molecule is COC(=O)C1OC1(C)CC(OC)OC. The van der Waals surface area contributed by atoms with Gasteiger partial charge in [-0.3, -0.25) is 0 Å². The fraction of sp³-hybridized carbons (Fsp3) is 0.889. The van der Waals surface area contributed by atoms with E-state index in [1.807, 2.05) is 6.92 Å². The Bertz CT molecular complexity index is 213. The zero-order valence-corrected chi connectivity index (χ0v) is 8.90. The number of epoxide rings is 1. The van der Waals surface area contributed by atoms with Crippen molar-refractivity contribution in [1.29, 1.82) is 0 Å². The molecule has 0 radical (unpaired) electrons. The minimum atomic E-state index is -0.510. The molecular formula is C9H16O5. The fourth-order valence-corrected chi connectivity index (χ4v) is 1.39. The number of rotatable bonds is 5. The van der Waals surface area contributed by atoms with Crippen molar-refractivity contribution >= 4 is 5.97 Å². The lowest BCUT2D eigenvalue weighted by Gasteiger charge is -2.15. The first-order valence-electron chi connectivity index (χ1n) is 4.38. The highest BCUT2D eigenvalue weighted by molar-refractivity contribution is 5.79. The molecule has 1 fully saturated rings. The highest BCUT2D eigenvalue weighted by atomic mass is 16.7. The Morgan fingerprint density at radius 3 is 2.43 bits per heavy atom. The topological polar surface area (TPSA) is 57.3 Å². The highest BCUT2D eigenvalue weighted by Gasteiger charge is 2.58. The summed E-state index contributed by atoms with van der Waals surface area (Å²) in [7, 11) is 4.44. The van der Waals surface area contributed by atoms with Crippen LogP contribution in [0.2, 0.25) is 0 Å². The molecule has 14 heavy (non-hydrogen) atoms. The zero-order chi connectivity index (χ0) is 10.8. The number of ether oxygens (including phenoxy) is 4. The summed E-state index contributed by atoms with van der Waals surface area (Å²) >= 11 is 0. The van der Waals surface area contributed by atoms with Crippen LogP contribution >= 0.6 is 0 Å². The van der Waals surface area contributed by atoms with Gasteiger partial charge >= 0.3 is 5.97 Å². The predicted molar refractivity (Wildman–Crippen MR) is 47.7 cm³/mol. The Balaban J connectivity index is 2.43. The number of hydrogen-bond donors (Lipinski definition) is 0. The Morgan fingerprint density at radius 1 is 1.43 bits per heavy atom. The van der Waals surface area contributed by atoms with E-state index in [-0.39, 0.29) is 12.3 Å². The lowest BCUT2D eigenvalue weighted by molar-refractivity contribution is -0.142. The second-order valence-corrected chi connectivity index (χ2v) is 3.44. The third kappa shape index (κ3) is 2.23. The molecule has 0 saturated carbocycles. The van der Waals surface area contributed by atoms with E-state index in [1.165, 1.54) is 7.11 Å². The van der Waals surface area contributed by atoms with E-state index in [1.54, 1.807) is 14.2 Å². The molecule has 0 aromatic rings. The summed E-state index contributed by atoms with van der Waals surface area (Å²) in [5.41, 5.74) is -0.510. The van der Waals surface area contributed by atoms with Crippen molar-refractivity contribution in [2.45, 2.75) is 31.3 Å². The van der Waals surface area contributed by atoms with E-state index in [9.17, 15) is 4.79 Å². The van der Waals surface area contributed by atoms with Crippen LogP contribution in [0.15, 0.2) is 0 Å². The number of carbonyl (C=O) groups excluding carboxylic acids is 1. The van der Waals surface area contributed by atoms with E-state index < -0.39 is 11.7 Å². The molecule has 0 amide bonds. The van der Waals surface area contributed by atoms with Crippen molar-refractivity contribution in [1.82, 2.24) is 0 Å². The van der Waals surface area contributed by atoms with Crippen molar-refractivity contribution in [3.8, 4) is 0 Å². The molecule has 0 aromatic heterocycles. The summed E-state index contributed by atoms with van der Waals surface area (Å²) in [6.45, 7) is 1.83. The summed E-state index contributed by atoms with van der Waals surface area (Å²) < 4.78 is 19.9. The monoisotopic (exact) mass is 204 g/mol. The standard InChI is InChI=1S/C9H16O5/c1-9(5-6(11-2)12-3)7(14-9)8(10)13-4/h6-7H,5H2,1-4H3. The molecule has 2 atom stereocenters. The number of hydrogen-bond acceptors (Lipinski definition) is 5. The minimum Gasteiger partial charge on any atom is -0.467 e. The number of esters is 1. The summed E-state index contributed by atoms with van der Waals surface area (Å²) in [4.78, 5) is 11.1. The van der Waals surface area contributed by atoms with Gasteiger partial charge in [-0.2, -0.15) is 0 Å². The zero-order valence-electron chi connectivity index (χ0n) is 8.90. The average molecular weight is 204 g/mol. The van der Waals surface area contributed by atoms with Crippen molar-refractivity contribution in [3.63, 3.8) is 0 Å². The lowest BCUT2D eigenvalue weighted by Crippen LogP contribution is -2.26. The molecule has 2 unspecified atom stereocenters. The van der Waals surface area contributed by atoms with Crippen molar-refractivity contribution in [3.05, 3.63) is 0 Å². The summed E-state index contributed by atoms with van der Waals surface area (Å²) in [5.74, 6) is -0.349. The van der Waals surface area contributed by atoms with E-state index in [0.717, 1.165) is 0 Å². The van der Waals surface area contributed by atoms with Crippen molar-refractivity contribution in [2.24, 2.45) is 0 Å². The second-order valence-electron chi connectivity index (χ2n) is 3.44. The molecule has 0 bridgehead atoms. The van der Waals surface area contributed by atoms with Crippen LogP contribution in [0.1, 0.15) is 13.3 Å². The van der Waals surface area contributed by atoms with Gasteiger partial charge in [-0.25, -0.2) is 4.79 Å². The average Bonchev–Trinajstić information content (AvgIpc) is 2.86. The van der Waals surface area contributed by atoms with Crippen LogP contribution in [0, 0.1) is 0 Å². The second kappa shape index (κ2) is 4.25. The molecule has 0 aliphatic carbocycles. The van der Waals surface area contributed by atoms with Crippen LogP contribution in [0.25, 0.3) is 0 Å². The molecule has 5 heteroatoms. The first-order chi connectivity index (χ1) is 6.57. The van der Waals surface area contributed by atoms with E-state index in [0.29, 0.717) is 6.42 Å². The molecule has 0 spiro atoms. The van der Waals surface area contributed by atoms with Crippen LogP contribution in [0.4, 0.5) is 0 Å². The molecule has 1 heterocycles. The smallest absolute Gasteiger partial charge is 0.338 e. The largest absolute Gasteiger partial charge is 0.467 e. The van der Waals surface area contributed by atoms with Crippen LogP contribution in [0.3, 0.4) is 0 Å². The van der Waals surface area contributed by atoms with Crippen LogP contribution in [0.5, 0.6) is 0 Å². The van der Waals surface area contributed by atoms with Crippen LogP contribution in [-0.2, 0) is 23.7 Å². The van der Waals surface area contributed by atoms with Gasteiger partial charge in [0.05, 0.1) is 7.11 Å². The maximum atomic E-state index is 11.1. The van der Waals surface area contributed by atoms with Crippen LogP contribution < -0.4 is 0 Å². The van der Waals surface area contributed by atoms with Gasteiger partial charge in [-0.1, -0.05) is 0 Å². The molecule has 0 N–H and O–H groups in total. The molecule has 0 aromatic carbocycles. The lowest BCUT2D eigenvalue weighted by atomic mass is 10.0.